The van der Waals surface area contributed by atoms with Crippen LogP contribution < -0.4 is 16.0 Å². The van der Waals surface area contributed by atoms with Gasteiger partial charge in [-0.2, -0.15) is 4.98 Å². The van der Waals surface area contributed by atoms with E-state index in [9.17, 15) is 4.79 Å². The molecule has 0 aliphatic heterocycles. The van der Waals surface area contributed by atoms with E-state index < -0.39 is 5.54 Å². The molecule has 1 fully saturated rings. The number of amides is 2. The molecule has 1 aromatic heterocycles. The normalized spacial score (nSPS) is 18.4. The fourth-order valence-electron chi connectivity index (χ4n) is 2.70. The maximum Gasteiger partial charge on any atom is 0.315 e. The Morgan fingerprint density at radius 3 is 2.76 bits per heavy atom. The molecule has 7 heteroatoms. The highest BCUT2D eigenvalue weighted by Gasteiger charge is 2.42. The fraction of sp³-hybridized carbons (Fsp3) is 0.786. The molecule has 0 spiro atoms. The highest BCUT2D eigenvalue weighted by molar-refractivity contribution is 5.74. The van der Waals surface area contributed by atoms with Crippen molar-refractivity contribution in [3.63, 3.8) is 0 Å². The molecular weight excluding hydrogens is 270 g/mol. The molecule has 1 aliphatic carbocycles. The summed E-state index contributed by atoms with van der Waals surface area (Å²) in [6.07, 6.45) is 4.49. The molecule has 0 saturated heterocycles. The number of carbonyl (C=O) groups is 1. The van der Waals surface area contributed by atoms with Crippen LogP contribution in [0.3, 0.4) is 0 Å². The maximum absolute atomic E-state index is 11.9. The average Bonchev–Trinajstić information content (AvgIpc) is 3.09. The Labute approximate surface area is 125 Å². The number of likely N-dealkylation sites (N-methyl/N-ethyl adjacent to an activating group) is 1. The van der Waals surface area contributed by atoms with Gasteiger partial charge in [-0.3, -0.25) is 0 Å². The molecule has 21 heavy (non-hydrogen) atoms. The predicted molar refractivity (Wildman–Crippen MR) is 78.9 cm³/mol. The molecule has 1 unspecified atom stereocenters. The van der Waals surface area contributed by atoms with Gasteiger partial charge in [0.1, 0.15) is 5.54 Å². The lowest BCUT2D eigenvalue weighted by molar-refractivity contribution is 0.205. The van der Waals surface area contributed by atoms with Crippen LogP contribution in [0.2, 0.25) is 0 Å². The highest BCUT2D eigenvalue weighted by Crippen LogP contribution is 2.37. The first kappa shape index (κ1) is 15.8. The summed E-state index contributed by atoms with van der Waals surface area (Å²) < 4.78 is 5.44. The lowest BCUT2D eigenvalue weighted by Crippen LogP contribution is -2.48. The van der Waals surface area contributed by atoms with Crippen molar-refractivity contribution in [2.24, 2.45) is 0 Å². The third-order valence-corrected chi connectivity index (χ3v) is 4.01. The van der Waals surface area contributed by atoms with E-state index in [2.05, 4.69) is 33.0 Å². The molecule has 1 aromatic rings. The molecule has 1 aliphatic rings. The topological polar surface area (TPSA) is 92.1 Å². The van der Waals surface area contributed by atoms with Gasteiger partial charge in [0.05, 0.1) is 0 Å². The number of aromatic nitrogens is 2. The molecule has 2 amide bonds. The smallest absolute Gasteiger partial charge is 0.315 e. The van der Waals surface area contributed by atoms with Gasteiger partial charge in [0.15, 0.2) is 5.82 Å². The van der Waals surface area contributed by atoms with E-state index >= 15 is 0 Å². The number of nitrogens with one attached hydrogen (secondary N) is 3. The summed E-state index contributed by atoms with van der Waals surface area (Å²) in [4.78, 5) is 16.4. The van der Waals surface area contributed by atoms with Gasteiger partial charge in [-0.15, -0.1) is 0 Å². The Balaban J connectivity index is 2.13. The number of urea groups is 1. The minimum atomic E-state index is -0.507. The summed E-state index contributed by atoms with van der Waals surface area (Å²) in [5.74, 6) is 1.21. The van der Waals surface area contributed by atoms with Gasteiger partial charge < -0.3 is 20.5 Å². The summed E-state index contributed by atoms with van der Waals surface area (Å²) in [6.45, 7) is 4.55. The largest absolute Gasteiger partial charge is 0.338 e. The van der Waals surface area contributed by atoms with Crippen molar-refractivity contribution >= 4 is 6.03 Å². The zero-order valence-electron chi connectivity index (χ0n) is 13.0. The molecule has 2 rings (SSSR count). The van der Waals surface area contributed by atoms with Crippen LogP contribution >= 0.6 is 0 Å². The Bertz CT molecular complexity index is 468. The first-order valence-corrected chi connectivity index (χ1v) is 7.66. The van der Waals surface area contributed by atoms with E-state index in [1.165, 1.54) is 0 Å². The van der Waals surface area contributed by atoms with Crippen molar-refractivity contribution in [3.05, 3.63) is 11.7 Å². The van der Waals surface area contributed by atoms with Gasteiger partial charge >= 0.3 is 6.03 Å². The quantitative estimate of drug-likeness (QED) is 0.736. The molecule has 1 heterocycles. The molecule has 0 bridgehead atoms. The van der Waals surface area contributed by atoms with Crippen LogP contribution in [-0.2, 0) is 12.0 Å². The molecule has 118 valence electrons. The van der Waals surface area contributed by atoms with Gasteiger partial charge in [0.2, 0.25) is 0 Å². The average molecular weight is 295 g/mol. The Kier molecular flexibility index (Phi) is 5.17. The van der Waals surface area contributed by atoms with E-state index in [0.717, 1.165) is 25.7 Å². The molecule has 0 radical (unpaired) electrons. The van der Waals surface area contributed by atoms with Crippen LogP contribution in [0.4, 0.5) is 4.79 Å². The number of carbonyl (C=O) groups excluding carboxylic acids is 1. The lowest BCUT2D eigenvalue weighted by Gasteiger charge is -2.26. The molecule has 1 saturated carbocycles. The zero-order valence-corrected chi connectivity index (χ0v) is 13.0. The number of nitrogens with zero attached hydrogens (tertiary/aromatic N) is 2. The molecular formula is C14H25N5O2. The van der Waals surface area contributed by atoms with Crippen molar-refractivity contribution in [1.82, 2.24) is 26.1 Å². The second kappa shape index (κ2) is 6.89. The minimum absolute atomic E-state index is 0.178. The summed E-state index contributed by atoms with van der Waals surface area (Å²) in [6, 6.07) is 0.106. The number of hydrogen-bond donors (Lipinski definition) is 3. The molecule has 1 atom stereocenters. The standard InChI is InChI=1S/C14H25N5O2/c1-4-16-13(20)18-14(7-5-6-8-14)12-17-11(19-21-12)9-10(2)15-3/h10,15H,4-9H2,1-3H3,(H2,16,18,20). The van der Waals surface area contributed by atoms with E-state index in [1.807, 2.05) is 14.0 Å². The summed E-state index contributed by atoms with van der Waals surface area (Å²) in [5.41, 5.74) is -0.507. The van der Waals surface area contributed by atoms with Gasteiger partial charge in [-0.25, -0.2) is 4.79 Å². The van der Waals surface area contributed by atoms with Crippen LogP contribution in [0.5, 0.6) is 0 Å². The van der Waals surface area contributed by atoms with Crippen LogP contribution in [0.1, 0.15) is 51.2 Å². The predicted octanol–water partition coefficient (Wildman–Crippen LogP) is 1.31. The van der Waals surface area contributed by atoms with Gasteiger partial charge in [0, 0.05) is 19.0 Å². The first-order valence-electron chi connectivity index (χ1n) is 7.66. The monoisotopic (exact) mass is 295 g/mol. The van der Waals surface area contributed by atoms with E-state index in [0.29, 0.717) is 24.7 Å². The van der Waals surface area contributed by atoms with E-state index in [1.54, 1.807) is 0 Å². The van der Waals surface area contributed by atoms with E-state index in [4.69, 9.17) is 4.52 Å². The first-order chi connectivity index (χ1) is 10.1. The van der Waals surface area contributed by atoms with Crippen LogP contribution in [0.25, 0.3) is 0 Å². The Morgan fingerprint density at radius 2 is 2.14 bits per heavy atom. The third-order valence-electron chi connectivity index (χ3n) is 4.01. The van der Waals surface area contributed by atoms with Crippen molar-refractivity contribution in [3.8, 4) is 0 Å². The molecule has 7 nitrogen and oxygen atoms in total. The van der Waals surface area contributed by atoms with Gasteiger partial charge in [-0.1, -0.05) is 18.0 Å². The second-order valence-corrected chi connectivity index (χ2v) is 5.68. The van der Waals surface area contributed by atoms with Crippen LogP contribution in [-0.4, -0.2) is 35.8 Å². The van der Waals surface area contributed by atoms with Gasteiger partial charge in [0.25, 0.3) is 5.89 Å². The Hall–Kier alpha value is -1.63. The van der Waals surface area contributed by atoms with Crippen molar-refractivity contribution in [2.45, 2.75) is 57.5 Å². The van der Waals surface area contributed by atoms with E-state index in [-0.39, 0.29) is 12.1 Å². The van der Waals surface area contributed by atoms with Crippen LogP contribution in [0, 0.1) is 0 Å². The molecule has 0 aromatic carbocycles. The lowest BCUT2D eigenvalue weighted by atomic mass is 9.97. The summed E-state index contributed by atoms with van der Waals surface area (Å²) in [7, 11) is 1.90. The van der Waals surface area contributed by atoms with Crippen molar-refractivity contribution in [1.29, 1.82) is 0 Å². The SMILES string of the molecule is CCNC(=O)NC1(c2nc(CC(C)NC)no2)CCCC1. The van der Waals surface area contributed by atoms with Gasteiger partial charge in [-0.05, 0) is 33.7 Å². The highest BCUT2D eigenvalue weighted by atomic mass is 16.5. The maximum atomic E-state index is 11.9. The molecule has 3 N–H and O–H groups in total. The number of hydrogen-bond acceptors (Lipinski definition) is 5. The van der Waals surface area contributed by atoms with Crippen LogP contribution in [0.15, 0.2) is 4.52 Å². The zero-order chi connectivity index (χ0) is 15.3. The van der Waals surface area contributed by atoms with Crippen molar-refractivity contribution < 1.29 is 9.32 Å². The fourth-order valence-corrected chi connectivity index (χ4v) is 2.70. The minimum Gasteiger partial charge on any atom is -0.338 e. The van der Waals surface area contributed by atoms with Crippen molar-refractivity contribution in [2.75, 3.05) is 13.6 Å². The summed E-state index contributed by atoms with van der Waals surface area (Å²) >= 11 is 0. The third kappa shape index (κ3) is 3.72. The number of rotatable bonds is 6. The Morgan fingerprint density at radius 1 is 1.43 bits per heavy atom. The summed E-state index contributed by atoms with van der Waals surface area (Å²) in [5, 5.41) is 13.0. The second-order valence-electron chi connectivity index (χ2n) is 5.68.